The van der Waals surface area contributed by atoms with Crippen LogP contribution >= 0.6 is 0 Å². The van der Waals surface area contributed by atoms with Gasteiger partial charge in [0.1, 0.15) is 6.26 Å². The van der Waals surface area contributed by atoms with Gasteiger partial charge in [0, 0.05) is 24.7 Å². The van der Waals surface area contributed by atoms with Gasteiger partial charge in [0.15, 0.2) is 0 Å². The van der Waals surface area contributed by atoms with Gasteiger partial charge >= 0.3 is 0 Å². The lowest BCUT2D eigenvalue weighted by molar-refractivity contribution is -0.135. The molecule has 1 fully saturated rings. The van der Waals surface area contributed by atoms with Gasteiger partial charge in [-0.1, -0.05) is 40.6 Å². The molecule has 0 saturated carbocycles. The first-order valence-corrected chi connectivity index (χ1v) is 7.35. The summed E-state index contributed by atoms with van der Waals surface area (Å²) in [6.45, 7) is 1.18. The maximum absolute atomic E-state index is 12.1. The summed E-state index contributed by atoms with van der Waals surface area (Å²) >= 11 is 0. The van der Waals surface area contributed by atoms with E-state index < -0.39 is 0 Å². The quantitative estimate of drug-likeness (QED) is 0.731. The lowest BCUT2D eigenvalue weighted by Gasteiger charge is -2.36. The maximum atomic E-state index is 12.1. The van der Waals surface area contributed by atoms with E-state index in [0.717, 1.165) is 5.56 Å². The number of carbonyl (C=O) groups excluding carboxylic acids is 1. The molecule has 1 aromatic carbocycles. The molecule has 3 heterocycles. The fourth-order valence-corrected chi connectivity index (χ4v) is 2.54. The minimum absolute atomic E-state index is 0.0259. The fraction of sp³-hybridized carbons (Fsp3) is 0.250. The molecule has 0 atom stereocenters. The summed E-state index contributed by atoms with van der Waals surface area (Å²) in [7, 11) is 0. The van der Waals surface area contributed by atoms with Crippen molar-refractivity contribution >= 4 is 5.91 Å². The topological polar surface area (TPSA) is 85.3 Å². The highest BCUT2D eigenvalue weighted by atomic mass is 16.5. The van der Waals surface area contributed by atoms with Gasteiger partial charge in [-0.25, -0.2) is 0 Å². The lowest BCUT2D eigenvalue weighted by atomic mass is 9.99. The van der Waals surface area contributed by atoms with Crippen molar-refractivity contribution in [3.8, 4) is 11.4 Å². The monoisotopic (exact) mass is 310 g/mol. The Hall–Kier alpha value is -2.96. The Labute approximate surface area is 131 Å². The van der Waals surface area contributed by atoms with Crippen LogP contribution in [0.3, 0.4) is 0 Å². The van der Waals surface area contributed by atoms with Gasteiger partial charge in [0.2, 0.25) is 17.6 Å². The molecular formula is C16H14N4O3. The Morgan fingerprint density at radius 2 is 2.00 bits per heavy atom. The van der Waals surface area contributed by atoms with Crippen LogP contribution in [-0.4, -0.2) is 39.2 Å². The van der Waals surface area contributed by atoms with Crippen molar-refractivity contribution in [1.29, 1.82) is 0 Å². The molecule has 0 bridgehead atoms. The van der Waals surface area contributed by atoms with E-state index in [1.807, 2.05) is 30.3 Å². The van der Waals surface area contributed by atoms with Crippen LogP contribution in [0.25, 0.3) is 11.4 Å². The summed E-state index contributed by atoms with van der Waals surface area (Å²) in [5.41, 5.74) is 1.56. The van der Waals surface area contributed by atoms with Crippen LogP contribution in [0.1, 0.15) is 17.5 Å². The summed E-state index contributed by atoms with van der Waals surface area (Å²) in [6.07, 6.45) is 1.72. The smallest absolute Gasteiger partial charge is 0.233 e. The summed E-state index contributed by atoms with van der Waals surface area (Å²) < 4.78 is 10.1. The summed E-state index contributed by atoms with van der Waals surface area (Å²) in [6, 6.07) is 11.4. The Kier molecular flexibility index (Phi) is 3.38. The molecule has 3 aromatic rings. The Morgan fingerprint density at radius 1 is 1.17 bits per heavy atom. The fourth-order valence-electron chi connectivity index (χ4n) is 2.54. The normalized spacial score (nSPS) is 14.7. The highest BCUT2D eigenvalue weighted by Crippen LogP contribution is 2.28. The van der Waals surface area contributed by atoms with Gasteiger partial charge in [-0.3, -0.25) is 4.79 Å². The van der Waals surface area contributed by atoms with Crippen LogP contribution < -0.4 is 0 Å². The number of hydrogen-bond acceptors (Lipinski definition) is 6. The number of hydrogen-bond donors (Lipinski definition) is 0. The number of aromatic nitrogens is 3. The van der Waals surface area contributed by atoms with Crippen molar-refractivity contribution in [2.24, 2.45) is 0 Å². The van der Waals surface area contributed by atoms with E-state index in [-0.39, 0.29) is 18.2 Å². The third-order valence-electron chi connectivity index (χ3n) is 3.88. The number of likely N-dealkylation sites (tertiary alicyclic amines) is 1. The zero-order chi connectivity index (χ0) is 15.6. The van der Waals surface area contributed by atoms with Crippen LogP contribution in [0.2, 0.25) is 0 Å². The number of nitrogens with zero attached hydrogens (tertiary/aromatic N) is 4. The van der Waals surface area contributed by atoms with Crippen molar-refractivity contribution in [3.05, 3.63) is 54.2 Å². The van der Waals surface area contributed by atoms with E-state index in [0.29, 0.717) is 30.5 Å². The van der Waals surface area contributed by atoms with E-state index in [2.05, 4.69) is 15.3 Å². The average Bonchev–Trinajstić information content (AvgIpc) is 3.18. The SMILES string of the molecule is O=C(Cc1ccon1)N1CC(c2nc(-c3ccccc3)no2)C1. The second-order valence-corrected chi connectivity index (χ2v) is 5.49. The van der Waals surface area contributed by atoms with E-state index in [4.69, 9.17) is 9.05 Å². The maximum Gasteiger partial charge on any atom is 0.233 e. The van der Waals surface area contributed by atoms with Crippen LogP contribution in [-0.2, 0) is 11.2 Å². The largest absolute Gasteiger partial charge is 0.364 e. The molecule has 0 aliphatic carbocycles. The van der Waals surface area contributed by atoms with Crippen molar-refractivity contribution in [2.75, 3.05) is 13.1 Å². The predicted octanol–water partition coefficient (Wildman–Crippen LogP) is 1.89. The zero-order valence-corrected chi connectivity index (χ0v) is 12.3. The first-order chi connectivity index (χ1) is 11.3. The third-order valence-corrected chi connectivity index (χ3v) is 3.88. The Bertz CT molecular complexity index is 792. The van der Waals surface area contributed by atoms with Gasteiger partial charge < -0.3 is 13.9 Å². The van der Waals surface area contributed by atoms with Crippen LogP contribution in [0.4, 0.5) is 0 Å². The van der Waals surface area contributed by atoms with Crippen LogP contribution in [0.5, 0.6) is 0 Å². The van der Waals surface area contributed by atoms with E-state index >= 15 is 0 Å². The van der Waals surface area contributed by atoms with Crippen LogP contribution in [0, 0.1) is 0 Å². The van der Waals surface area contributed by atoms with Crippen molar-refractivity contribution < 1.29 is 13.8 Å². The minimum atomic E-state index is 0.0259. The second kappa shape index (κ2) is 5.68. The summed E-state index contributed by atoms with van der Waals surface area (Å²) in [4.78, 5) is 18.3. The van der Waals surface area contributed by atoms with Gasteiger partial charge in [-0.2, -0.15) is 4.98 Å². The molecule has 0 N–H and O–H groups in total. The van der Waals surface area contributed by atoms with Crippen molar-refractivity contribution in [1.82, 2.24) is 20.2 Å². The molecule has 116 valence electrons. The van der Waals surface area contributed by atoms with Gasteiger partial charge in [0.25, 0.3) is 0 Å². The lowest BCUT2D eigenvalue weighted by Crippen LogP contribution is -2.49. The van der Waals surface area contributed by atoms with Crippen molar-refractivity contribution in [2.45, 2.75) is 12.3 Å². The minimum Gasteiger partial charge on any atom is -0.364 e. The first kappa shape index (κ1) is 13.7. The highest BCUT2D eigenvalue weighted by molar-refractivity contribution is 5.79. The molecule has 0 radical (unpaired) electrons. The Morgan fingerprint density at radius 3 is 2.74 bits per heavy atom. The molecule has 0 unspecified atom stereocenters. The number of carbonyl (C=O) groups is 1. The average molecular weight is 310 g/mol. The second-order valence-electron chi connectivity index (χ2n) is 5.49. The molecule has 7 heteroatoms. The molecule has 23 heavy (non-hydrogen) atoms. The highest BCUT2D eigenvalue weighted by Gasteiger charge is 2.35. The molecule has 1 aliphatic rings. The van der Waals surface area contributed by atoms with E-state index in [1.54, 1.807) is 11.0 Å². The summed E-state index contributed by atoms with van der Waals surface area (Å²) in [5, 5.41) is 7.76. The third kappa shape index (κ3) is 2.73. The molecule has 2 aromatic heterocycles. The van der Waals surface area contributed by atoms with Crippen LogP contribution in [0.15, 0.2) is 51.7 Å². The molecule has 4 rings (SSSR count). The molecular weight excluding hydrogens is 296 g/mol. The van der Waals surface area contributed by atoms with Gasteiger partial charge in [0.05, 0.1) is 18.0 Å². The Balaban J connectivity index is 1.37. The predicted molar refractivity (Wildman–Crippen MR) is 79.3 cm³/mol. The molecule has 1 amide bonds. The zero-order valence-electron chi connectivity index (χ0n) is 12.3. The number of benzene rings is 1. The summed E-state index contributed by atoms with van der Waals surface area (Å²) in [5.74, 6) is 1.28. The standard InChI is InChI=1S/C16H14N4O3/c21-14(8-13-6-7-22-18-13)20-9-12(10-20)16-17-15(19-23-16)11-4-2-1-3-5-11/h1-7,12H,8-10H2. The molecule has 7 nitrogen and oxygen atoms in total. The van der Waals surface area contributed by atoms with Crippen molar-refractivity contribution in [3.63, 3.8) is 0 Å². The number of amides is 1. The molecule has 1 aliphatic heterocycles. The number of rotatable bonds is 4. The van der Waals surface area contributed by atoms with E-state index in [9.17, 15) is 4.79 Å². The first-order valence-electron chi connectivity index (χ1n) is 7.35. The molecule has 0 spiro atoms. The molecule has 1 saturated heterocycles. The van der Waals surface area contributed by atoms with Gasteiger partial charge in [-0.05, 0) is 0 Å². The van der Waals surface area contributed by atoms with E-state index in [1.165, 1.54) is 6.26 Å². The van der Waals surface area contributed by atoms with Gasteiger partial charge in [-0.15, -0.1) is 0 Å².